The molecule has 0 amide bonds. The number of halogens is 3. The van der Waals surface area contributed by atoms with Gasteiger partial charge in [0, 0.05) is 17.6 Å². The van der Waals surface area contributed by atoms with Crippen molar-refractivity contribution in [2.75, 3.05) is 17.7 Å². The number of aromatic nitrogens is 2. The molecule has 8 heteroatoms. The molecule has 0 radical (unpaired) electrons. The van der Waals surface area contributed by atoms with E-state index in [-0.39, 0.29) is 11.8 Å². The maximum atomic E-state index is 13.6. The summed E-state index contributed by atoms with van der Waals surface area (Å²) in [5.74, 6) is 0.437. The van der Waals surface area contributed by atoms with Gasteiger partial charge in [-0.1, -0.05) is 38.0 Å². The Morgan fingerprint density at radius 1 is 0.968 bits per heavy atom. The summed E-state index contributed by atoms with van der Waals surface area (Å²) in [7, 11) is 1.56. The largest absolute Gasteiger partial charge is 0.497 e. The zero-order valence-corrected chi connectivity index (χ0v) is 17.5. The lowest BCUT2D eigenvalue weighted by molar-refractivity contribution is -0.137. The Kier molecular flexibility index (Phi) is 7.33. The van der Waals surface area contributed by atoms with Gasteiger partial charge in [0.1, 0.15) is 17.1 Å². The molecule has 0 spiro atoms. The summed E-state index contributed by atoms with van der Waals surface area (Å²) in [6, 6.07) is 14.3. The maximum absolute atomic E-state index is 13.6. The second-order valence-electron chi connectivity index (χ2n) is 7.05. The van der Waals surface area contributed by atoms with Crippen molar-refractivity contribution in [3.8, 4) is 5.75 Å². The average Bonchev–Trinajstić information content (AvgIpc) is 2.75. The Morgan fingerprint density at radius 2 is 1.71 bits per heavy atom. The summed E-state index contributed by atoms with van der Waals surface area (Å²) in [5.41, 5.74) is 1.27. The van der Waals surface area contributed by atoms with Crippen molar-refractivity contribution in [2.24, 2.45) is 0 Å². The van der Waals surface area contributed by atoms with Gasteiger partial charge in [0.05, 0.1) is 7.11 Å². The summed E-state index contributed by atoms with van der Waals surface area (Å²) < 4.78 is 45.9. The highest BCUT2D eigenvalue weighted by atomic mass is 19.4. The van der Waals surface area contributed by atoms with Crippen LogP contribution in [0, 0.1) is 0 Å². The fourth-order valence-corrected chi connectivity index (χ4v) is 3.10. The van der Waals surface area contributed by atoms with Gasteiger partial charge in [-0.15, -0.1) is 0 Å². The van der Waals surface area contributed by atoms with Gasteiger partial charge in [-0.25, -0.2) is 4.98 Å². The first-order chi connectivity index (χ1) is 14.9. The summed E-state index contributed by atoms with van der Waals surface area (Å²) in [6.45, 7) is 2.11. The normalized spacial score (nSPS) is 11.3. The average molecular weight is 430 g/mol. The minimum Gasteiger partial charge on any atom is -0.497 e. The first-order valence-corrected chi connectivity index (χ1v) is 10.1. The van der Waals surface area contributed by atoms with Crippen LogP contribution in [0.5, 0.6) is 5.75 Å². The van der Waals surface area contributed by atoms with Crippen LogP contribution >= 0.6 is 0 Å². The van der Waals surface area contributed by atoms with Crippen LogP contribution in [0.25, 0.3) is 0 Å². The summed E-state index contributed by atoms with van der Waals surface area (Å²) in [5, 5.41) is 5.82. The van der Waals surface area contributed by atoms with Crippen molar-refractivity contribution in [2.45, 2.75) is 38.8 Å². The third kappa shape index (κ3) is 6.10. The van der Waals surface area contributed by atoms with Crippen LogP contribution in [0.4, 0.5) is 36.3 Å². The second kappa shape index (κ2) is 10.1. The highest BCUT2D eigenvalue weighted by Gasteiger charge is 2.35. The lowest BCUT2D eigenvalue weighted by Gasteiger charge is -2.17. The predicted molar refractivity (Wildman–Crippen MR) is 116 cm³/mol. The van der Waals surface area contributed by atoms with E-state index in [9.17, 15) is 13.2 Å². The van der Waals surface area contributed by atoms with Crippen LogP contribution in [-0.2, 0) is 12.6 Å². The molecule has 31 heavy (non-hydrogen) atoms. The number of nitrogens with one attached hydrogen (secondary N) is 2. The molecular formula is C23H25F3N4O. The molecule has 1 heterocycles. The van der Waals surface area contributed by atoms with Crippen molar-refractivity contribution in [3.05, 3.63) is 65.9 Å². The van der Waals surface area contributed by atoms with Gasteiger partial charge < -0.3 is 15.4 Å². The molecule has 5 nitrogen and oxygen atoms in total. The van der Waals surface area contributed by atoms with Gasteiger partial charge in [0.15, 0.2) is 0 Å². The van der Waals surface area contributed by atoms with Gasteiger partial charge in [0.2, 0.25) is 5.95 Å². The number of anilines is 4. The fraction of sp³-hybridized carbons (Fsp3) is 0.304. The SMILES string of the molecule is CCCCCc1ccccc1Nc1nc(Nc2ccc(OC)cc2)ncc1C(F)(F)F. The number of rotatable bonds is 9. The molecule has 1 aromatic heterocycles. The Bertz CT molecular complexity index is 991. The molecule has 0 bridgehead atoms. The van der Waals surface area contributed by atoms with E-state index in [0.717, 1.165) is 37.4 Å². The van der Waals surface area contributed by atoms with Crippen LogP contribution in [0.15, 0.2) is 54.7 Å². The number of unbranched alkanes of at least 4 members (excludes halogenated alkanes) is 2. The smallest absolute Gasteiger partial charge is 0.421 e. The van der Waals surface area contributed by atoms with E-state index in [1.165, 1.54) is 0 Å². The second-order valence-corrected chi connectivity index (χ2v) is 7.05. The van der Waals surface area contributed by atoms with E-state index >= 15 is 0 Å². The lowest BCUT2D eigenvalue weighted by atomic mass is 10.1. The maximum Gasteiger partial charge on any atom is 0.421 e. The van der Waals surface area contributed by atoms with Gasteiger partial charge in [-0.05, 0) is 48.7 Å². The molecule has 2 aromatic carbocycles. The minimum atomic E-state index is -4.59. The van der Waals surface area contributed by atoms with Crippen molar-refractivity contribution in [3.63, 3.8) is 0 Å². The van der Waals surface area contributed by atoms with Gasteiger partial charge in [0.25, 0.3) is 0 Å². The first-order valence-electron chi connectivity index (χ1n) is 10.1. The predicted octanol–water partition coefficient (Wildman–Crippen LogP) is 6.72. The number of hydrogen-bond acceptors (Lipinski definition) is 5. The topological polar surface area (TPSA) is 59.1 Å². The molecule has 0 aliphatic heterocycles. The minimum absolute atomic E-state index is 0.0594. The van der Waals surface area contributed by atoms with E-state index in [2.05, 4.69) is 27.5 Å². The van der Waals surface area contributed by atoms with E-state index in [4.69, 9.17) is 4.74 Å². The molecular weight excluding hydrogens is 405 g/mol. The summed E-state index contributed by atoms with van der Waals surface area (Å²) in [6.07, 6.45) is 0.0838. The number of aryl methyl sites for hydroxylation is 1. The Morgan fingerprint density at radius 3 is 2.39 bits per heavy atom. The van der Waals surface area contributed by atoms with E-state index in [1.54, 1.807) is 43.5 Å². The lowest BCUT2D eigenvalue weighted by Crippen LogP contribution is -2.13. The Labute approximate surface area is 179 Å². The van der Waals surface area contributed by atoms with Crippen LogP contribution in [-0.4, -0.2) is 17.1 Å². The zero-order chi connectivity index (χ0) is 22.3. The molecule has 0 unspecified atom stereocenters. The van der Waals surface area contributed by atoms with Crippen LogP contribution < -0.4 is 15.4 Å². The van der Waals surface area contributed by atoms with Crippen LogP contribution in [0.1, 0.15) is 37.3 Å². The molecule has 3 aromatic rings. The third-order valence-corrected chi connectivity index (χ3v) is 4.76. The molecule has 2 N–H and O–H groups in total. The zero-order valence-electron chi connectivity index (χ0n) is 17.5. The standard InChI is InChI=1S/C23H25F3N4O/c1-3-4-5-8-16-9-6-7-10-20(16)29-21-19(23(24,25)26)15-27-22(30-21)28-17-11-13-18(31-2)14-12-17/h6-7,9-15H,3-5,8H2,1-2H3,(H2,27,28,29,30). The number of hydrogen-bond donors (Lipinski definition) is 2. The molecule has 0 aliphatic rings. The van der Waals surface area contributed by atoms with Gasteiger partial charge in [-0.3, -0.25) is 0 Å². The van der Waals surface area contributed by atoms with E-state index in [0.29, 0.717) is 17.1 Å². The number of alkyl halides is 3. The highest BCUT2D eigenvalue weighted by Crippen LogP contribution is 2.36. The highest BCUT2D eigenvalue weighted by molar-refractivity contribution is 5.65. The monoisotopic (exact) mass is 430 g/mol. The summed E-state index contributed by atoms with van der Waals surface area (Å²) in [4.78, 5) is 7.98. The Balaban J connectivity index is 1.89. The quantitative estimate of drug-likeness (QED) is 0.369. The van der Waals surface area contributed by atoms with Crippen molar-refractivity contribution >= 4 is 23.1 Å². The van der Waals surface area contributed by atoms with Gasteiger partial charge >= 0.3 is 6.18 Å². The molecule has 0 saturated heterocycles. The number of benzene rings is 2. The molecule has 0 fully saturated rings. The first kappa shape index (κ1) is 22.4. The molecule has 0 aliphatic carbocycles. The molecule has 0 atom stereocenters. The third-order valence-electron chi connectivity index (χ3n) is 4.76. The molecule has 164 valence electrons. The van der Waals surface area contributed by atoms with Gasteiger partial charge in [-0.2, -0.15) is 18.2 Å². The Hall–Kier alpha value is -3.29. The number of ether oxygens (including phenoxy) is 1. The van der Waals surface area contributed by atoms with Crippen molar-refractivity contribution in [1.82, 2.24) is 9.97 Å². The van der Waals surface area contributed by atoms with E-state index in [1.807, 2.05) is 12.1 Å². The summed E-state index contributed by atoms with van der Waals surface area (Å²) >= 11 is 0. The van der Waals surface area contributed by atoms with E-state index < -0.39 is 11.7 Å². The molecule has 0 saturated carbocycles. The molecule has 3 rings (SSSR count). The number of para-hydroxylation sites is 1. The fourth-order valence-electron chi connectivity index (χ4n) is 3.10. The van der Waals surface area contributed by atoms with Crippen molar-refractivity contribution < 1.29 is 17.9 Å². The number of nitrogens with zero attached hydrogens (tertiary/aromatic N) is 2. The van der Waals surface area contributed by atoms with Crippen LogP contribution in [0.2, 0.25) is 0 Å². The number of methoxy groups -OCH3 is 1. The van der Waals surface area contributed by atoms with Crippen LogP contribution in [0.3, 0.4) is 0 Å². The van der Waals surface area contributed by atoms with Crippen molar-refractivity contribution in [1.29, 1.82) is 0 Å².